The highest BCUT2D eigenvalue weighted by atomic mass is 32.2. The number of nitrogens with one attached hydrogen (secondary N) is 1. The molecule has 2 heterocycles. The molecule has 0 spiro atoms. The molecule has 1 N–H and O–H groups in total. The zero-order valence-corrected chi connectivity index (χ0v) is 16.8. The fourth-order valence-electron chi connectivity index (χ4n) is 3.45. The van der Waals surface area contributed by atoms with Gasteiger partial charge in [0.1, 0.15) is 0 Å². The minimum atomic E-state index is -3.05. The molecule has 0 bridgehead atoms. The zero-order valence-electron chi connectivity index (χ0n) is 16.0. The number of rotatable bonds is 4. The predicted molar refractivity (Wildman–Crippen MR) is 105 cm³/mol. The van der Waals surface area contributed by atoms with Crippen molar-refractivity contribution in [2.45, 2.75) is 33.2 Å². The van der Waals surface area contributed by atoms with E-state index in [1.807, 2.05) is 13.8 Å². The Labute approximate surface area is 159 Å². The van der Waals surface area contributed by atoms with Crippen molar-refractivity contribution in [1.29, 1.82) is 0 Å². The maximum atomic E-state index is 12.6. The van der Waals surface area contributed by atoms with Crippen molar-refractivity contribution in [2.24, 2.45) is 0 Å². The summed E-state index contributed by atoms with van der Waals surface area (Å²) < 4.78 is 23.2. The largest absolute Gasteiger partial charge is 0.338 e. The van der Waals surface area contributed by atoms with E-state index in [0.29, 0.717) is 12.2 Å². The maximum Gasteiger partial charge on any atom is 0.274 e. The molecule has 1 amide bonds. The Morgan fingerprint density at radius 2 is 1.81 bits per heavy atom. The molecule has 27 heavy (non-hydrogen) atoms. The molecule has 1 saturated heterocycles. The lowest BCUT2D eigenvalue weighted by Crippen LogP contribution is -2.38. The molecule has 1 aromatic heterocycles. The van der Waals surface area contributed by atoms with Crippen molar-refractivity contribution in [1.82, 2.24) is 15.1 Å². The molecule has 144 valence electrons. The quantitative estimate of drug-likeness (QED) is 0.865. The van der Waals surface area contributed by atoms with E-state index in [0.717, 1.165) is 16.8 Å². The van der Waals surface area contributed by atoms with Crippen LogP contribution in [0, 0.1) is 20.8 Å². The molecule has 0 radical (unpaired) electrons. The molecule has 3 rings (SSSR count). The summed E-state index contributed by atoms with van der Waals surface area (Å²) in [6.07, 6.45) is 0.462. The van der Waals surface area contributed by atoms with Gasteiger partial charge in [0.25, 0.3) is 5.91 Å². The first-order valence-corrected chi connectivity index (χ1v) is 10.6. The van der Waals surface area contributed by atoms with Gasteiger partial charge < -0.3 is 10.2 Å². The minimum absolute atomic E-state index is 0.00822. The summed E-state index contributed by atoms with van der Waals surface area (Å²) in [5, 5.41) is 11.4. The van der Waals surface area contributed by atoms with E-state index >= 15 is 0 Å². The lowest BCUT2D eigenvalue weighted by Gasteiger charge is -2.22. The van der Waals surface area contributed by atoms with Crippen molar-refractivity contribution < 1.29 is 13.2 Å². The van der Waals surface area contributed by atoms with E-state index in [1.165, 1.54) is 10.5 Å². The Balaban J connectivity index is 1.73. The number of aromatic nitrogens is 2. The van der Waals surface area contributed by atoms with Crippen molar-refractivity contribution in [3.05, 3.63) is 46.6 Å². The van der Waals surface area contributed by atoms with Crippen molar-refractivity contribution in [3.63, 3.8) is 0 Å². The Morgan fingerprint density at radius 3 is 2.33 bits per heavy atom. The number of benzene rings is 1. The number of hydrogen-bond acceptors (Lipinski definition) is 6. The average Bonchev–Trinajstić information content (AvgIpc) is 2.97. The topological polar surface area (TPSA) is 92.3 Å². The van der Waals surface area contributed by atoms with Gasteiger partial charge in [-0.25, -0.2) is 8.42 Å². The standard InChI is InChI=1S/C19H24N4O3S/c1-12-9-13(2)18(14(3)10-12)20-17-6-5-16(21-22-17)19(24)23(4)15-7-8-27(25,26)11-15/h5-6,9-10,15H,7-8,11H2,1-4H3,(H,20,22). The van der Waals surface area contributed by atoms with Crippen LogP contribution in [0.4, 0.5) is 11.5 Å². The van der Waals surface area contributed by atoms with Gasteiger partial charge in [-0.15, -0.1) is 10.2 Å². The Morgan fingerprint density at radius 1 is 1.15 bits per heavy atom. The molecule has 1 aliphatic heterocycles. The summed E-state index contributed by atoms with van der Waals surface area (Å²) in [5.41, 5.74) is 4.58. The SMILES string of the molecule is Cc1cc(C)c(Nc2ccc(C(=O)N(C)C3CCS(=O)(=O)C3)nn2)c(C)c1. The number of hydrogen-bond donors (Lipinski definition) is 1. The Hall–Kier alpha value is -2.48. The summed E-state index contributed by atoms with van der Waals surface area (Å²) in [6, 6.07) is 7.19. The van der Waals surface area contributed by atoms with Crippen LogP contribution in [-0.2, 0) is 9.84 Å². The van der Waals surface area contributed by atoms with Gasteiger partial charge in [0, 0.05) is 18.8 Å². The molecule has 1 unspecified atom stereocenters. The summed E-state index contributed by atoms with van der Waals surface area (Å²) in [6.45, 7) is 6.10. The summed E-state index contributed by atoms with van der Waals surface area (Å²) in [7, 11) is -1.44. The highest BCUT2D eigenvalue weighted by Crippen LogP contribution is 2.25. The second-order valence-electron chi connectivity index (χ2n) is 7.18. The number of amides is 1. The molecule has 1 fully saturated rings. The highest BCUT2D eigenvalue weighted by molar-refractivity contribution is 7.91. The van der Waals surface area contributed by atoms with Crippen LogP contribution in [0.5, 0.6) is 0 Å². The van der Waals surface area contributed by atoms with Crippen LogP contribution in [0.3, 0.4) is 0 Å². The van der Waals surface area contributed by atoms with Crippen LogP contribution in [0.2, 0.25) is 0 Å². The van der Waals surface area contributed by atoms with E-state index in [4.69, 9.17) is 0 Å². The number of nitrogens with zero attached hydrogens (tertiary/aromatic N) is 3. The van der Waals surface area contributed by atoms with Crippen LogP contribution < -0.4 is 5.32 Å². The van der Waals surface area contributed by atoms with Gasteiger partial charge in [-0.05, 0) is 50.5 Å². The maximum absolute atomic E-state index is 12.6. The van der Waals surface area contributed by atoms with Crippen LogP contribution in [0.1, 0.15) is 33.6 Å². The molecule has 8 heteroatoms. The van der Waals surface area contributed by atoms with E-state index < -0.39 is 9.84 Å². The molecule has 1 aliphatic rings. The third kappa shape index (κ3) is 4.27. The van der Waals surface area contributed by atoms with Crippen LogP contribution in [0.15, 0.2) is 24.3 Å². The zero-order chi connectivity index (χ0) is 19.8. The van der Waals surface area contributed by atoms with E-state index in [2.05, 4.69) is 34.6 Å². The number of sulfone groups is 1. The molecular formula is C19H24N4O3S. The average molecular weight is 388 g/mol. The second-order valence-corrected chi connectivity index (χ2v) is 9.40. The third-order valence-corrected chi connectivity index (χ3v) is 6.64. The van der Waals surface area contributed by atoms with Crippen LogP contribution in [-0.4, -0.2) is 54.0 Å². The molecule has 2 aromatic rings. The Bertz CT molecular complexity index is 948. The van der Waals surface area contributed by atoms with Gasteiger partial charge in [-0.3, -0.25) is 4.79 Å². The molecule has 1 atom stereocenters. The summed E-state index contributed by atoms with van der Waals surface area (Å²) in [5.74, 6) is 0.361. The normalized spacial score (nSPS) is 18.3. The van der Waals surface area contributed by atoms with Crippen LogP contribution >= 0.6 is 0 Å². The van der Waals surface area contributed by atoms with Crippen molar-refractivity contribution >= 4 is 27.2 Å². The van der Waals surface area contributed by atoms with Gasteiger partial charge in [-0.2, -0.15) is 0 Å². The first kappa shape index (κ1) is 19.3. The van der Waals surface area contributed by atoms with E-state index in [-0.39, 0.29) is 29.1 Å². The molecule has 0 aliphatic carbocycles. The van der Waals surface area contributed by atoms with E-state index in [1.54, 1.807) is 19.2 Å². The molecule has 0 saturated carbocycles. The third-order valence-electron chi connectivity index (χ3n) is 4.89. The fraction of sp³-hybridized carbons (Fsp3) is 0.421. The number of aryl methyl sites for hydroxylation is 3. The monoisotopic (exact) mass is 388 g/mol. The first-order valence-electron chi connectivity index (χ1n) is 8.82. The van der Waals surface area contributed by atoms with Crippen LogP contribution in [0.25, 0.3) is 0 Å². The number of carbonyl (C=O) groups excluding carboxylic acids is 1. The summed E-state index contributed by atoms with van der Waals surface area (Å²) in [4.78, 5) is 14.0. The summed E-state index contributed by atoms with van der Waals surface area (Å²) >= 11 is 0. The lowest BCUT2D eigenvalue weighted by atomic mass is 10.1. The van der Waals surface area contributed by atoms with Crippen molar-refractivity contribution in [2.75, 3.05) is 23.9 Å². The highest BCUT2D eigenvalue weighted by Gasteiger charge is 2.33. The van der Waals surface area contributed by atoms with Gasteiger partial charge >= 0.3 is 0 Å². The van der Waals surface area contributed by atoms with E-state index in [9.17, 15) is 13.2 Å². The molecule has 1 aromatic carbocycles. The second kappa shape index (κ2) is 7.26. The number of anilines is 2. The molecule has 7 nitrogen and oxygen atoms in total. The first-order chi connectivity index (χ1) is 12.7. The minimum Gasteiger partial charge on any atom is -0.338 e. The predicted octanol–water partition coefficient (Wildman–Crippen LogP) is 2.40. The molecular weight excluding hydrogens is 364 g/mol. The van der Waals surface area contributed by atoms with Gasteiger partial charge in [0.2, 0.25) is 0 Å². The Kier molecular flexibility index (Phi) is 5.19. The van der Waals surface area contributed by atoms with Crippen molar-refractivity contribution in [3.8, 4) is 0 Å². The number of carbonyl (C=O) groups is 1. The van der Waals surface area contributed by atoms with Gasteiger partial charge in [-0.1, -0.05) is 17.7 Å². The smallest absolute Gasteiger partial charge is 0.274 e. The van der Waals surface area contributed by atoms with Gasteiger partial charge in [0.05, 0.1) is 11.5 Å². The van der Waals surface area contributed by atoms with Gasteiger partial charge in [0.15, 0.2) is 21.3 Å². The fourth-order valence-corrected chi connectivity index (χ4v) is 5.22. The lowest BCUT2D eigenvalue weighted by molar-refractivity contribution is 0.0740.